The fraction of sp³-hybridized carbons (Fsp3) is 0.478. The van der Waals surface area contributed by atoms with E-state index in [0.29, 0.717) is 5.39 Å². The van der Waals surface area contributed by atoms with Gasteiger partial charge in [-0.15, -0.1) is 0 Å². The highest BCUT2D eigenvalue weighted by atomic mass is 32.7. The van der Waals surface area contributed by atoms with Gasteiger partial charge in [0.2, 0.25) is 0 Å². The van der Waals surface area contributed by atoms with Crippen LogP contribution in [0.3, 0.4) is 0 Å². The highest BCUT2D eigenvalue weighted by Gasteiger charge is 2.66. The lowest BCUT2D eigenvalue weighted by Gasteiger charge is -2.37. The maximum atomic E-state index is 16.4. The van der Waals surface area contributed by atoms with E-state index >= 15 is 8.78 Å². The number of rotatable bonds is 2. The fourth-order valence-corrected chi connectivity index (χ4v) is 9.82. The molecule has 16 nitrogen and oxygen atoms in total. The van der Waals surface area contributed by atoms with E-state index in [1.54, 1.807) is 6.07 Å². The smallest absolute Gasteiger partial charge is 0.385 e. The highest BCUT2D eigenvalue weighted by molar-refractivity contribution is 8.46. The van der Waals surface area contributed by atoms with Crippen LogP contribution in [-0.4, -0.2) is 78.1 Å². The zero-order valence-corrected chi connectivity index (χ0v) is 26.6. The third-order valence-corrected chi connectivity index (χ3v) is 13.7. The van der Waals surface area contributed by atoms with Crippen molar-refractivity contribution in [1.29, 1.82) is 0 Å². The minimum absolute atomic E-state index is 0.0145. The number of thiol groups is 2. The molecule has 45 heavy (non-hydrogen) atoms. The van der Waals surface area contributed by atoms with E-state index < -0.39 is 80.4 Å². The van der Waals surface area contributed by atoms with Crippen molar-refractivity contribution in [2.45, 2.75) is 55.2 Å². The van der Waals surface area contributed by atoms with Gasteiger partial charge >= 0.3 is 6.80 Å². The minimum atomic E-state index is -4.42. The number of fused-ring (bicyclic) bond motifs is 5. The van der Waals surface area contributed by atoms with Crippen molar-refractivity contribution in [2.24, 2.45) is 0 Å². The number of pyridine rings is 1. The number of nitrogens with zero attached hydrogens (tertiary/aromatic N) is 5. The van der Waals surface area contributed by atoms with Crippen molar-refractivity contribution in [3.63, 3.8) is 0 Å². The first-order valence-electron chi connectivity index (χ1n) is 13.4. The Kier molecular flexibility index (Phi) is 7.42. The van der Waals surface area contributed by atoms with E-state index in [2.05, 4.69) is 44.4 Å². The number of nitrogens with one attached hydrogen (secondary N) is 1. The molecule has 0 radical (unpaired) electrons. The van der Waals surface area contributed by atoms with Crippen LogP contribution in [0, 0.1) is 0 Å². The molecular weight excluding hydrogens is 680 g/mol. The zero-order chi connectivity index (χ0) is 32.1. The van der Waals surface area contributed by atoms with Crippen LogP contribution < -0.4 is 17.0 Å². The Morgan fingerprint density at radius 2 is 1.84 bits per heavy atom. The Morgan fingerprint density at radius 1 is 1.09 bits per heavy atom. The first-order chi connectivity index (χ1) is 21.2. The van der Waals surface area contributed by atoms with Gasteiger partial charge in [-0.25, -0.2) is 28.3 Å². The molecule has 5 N–H and O–H groups in total. The Balaban J connectivity index is 1.27. The molecule has 2 bridgehead atoms. The molecular formula is C23H26F2N8O8P2S2. The van der Waals surface area contributed by atoms with Crippen LogP contribution in [0.5, 0.6) is 0 Å². The lowest BCUT2D eigenvalue weighted by Crippen LogP contribution is -2.42. The number of hydrogen-bond acceptors (Lipinski definition) is 13. The van der Waals surface area contributed by atoms with E-state index in [4.69, 9.17) is 34.5 Å². The number of imidazole rings is 1. The van der Waals surface area contributed by atoms with Gasteiger partial charge in [-0.05, 0) is 13.0 Å². The van der Waals surface area contributed by atoms with Gasteiger partial charge in [-0.2, -0.15) is 0 Å². The summed E-state index contributed by atoms with van der Waals surface area (Å²) < 4.78 is 91.5. The molecule has 3 unspecified atom stereocenters. The van der Waals surface area contributed by atoms with Crippen LogP contribution in [0.4, 0.5) is 20.4 Å². The summed E-state index contributed by atoms with van der Waals surface area (Å²) in [5.74, 6) is 0.140. The first kappa shape index (κ1) is 31.1. The van der Waals surface area contributed by atoms with Crippen LogP contribution >= 0.6 is 37.9 Å². The Hall–Kier alpha value is -2.54. The fourth-order valence-electron chi connectivity index (χ4n) is 5.94. The number of nitrogen functional groups attached to an aromatic ring is 2. The summed E-state index contributed by atoms with van der Waals surface area (Å²) in [6, 6.07) is 2.94. The summed E-state index contributed by atoms with van der Waals surface area (Å²) in [4.78, 5) is 27.0. The summed E-state index contributed by atoms with van der Waals surface area (Å²) in [5, 5.41) is -1.64. The number of aromatic amines is 1. The van der Waals surface area contributed by atoms with E-state index in [1.165, 1.54) is 41.0 Å². The average Bonchev–Trinajstić information content (AvgIpc) is 3.72. The predicted molar refractivity (Wildman–Crippen MR) is 163 cm³/mol. The second-order valence-corrected chi connectivity index (χ2v) is 17.7. The Morgan fingerprint density at radius 3 is 2.62 bits per heavy atom. The molecule has 0 amide bonds. The molecule has 7 heterocycles. The molecule has 0 aliphatic carbocycles. The lowest BCUT2D eigenvalue weighted by atomic mass is 10.0. The van der Waals surface area contributed by atoms with E-state index in [1.807, 2.05) is 0 Å². The number of H-pyrrole nitrogens is 1. The van der Waals surface area contributed by atoms with Gasteiger partial charge in [-0.3, -0.25) is 18.4 Å². The molecule has 3 aliphatic rings. The van der Waals surface area contributed by atoms with Crippen molar-refractivity contribution < 1.29 is 41.0 Å². The highest BCUT2D eigenvalue weighted by Crippen LogP contribution is 2.72. The normalized spacial score (nSPS) is 39.1. The SMILES string of the molecule is C[C@@]12[C@H](F)[C@@H](COP(=O)(S)O[C@H]3C(F)[C@H](n4ccc5c(N)ncnc54)O[C@@H]3COP1(=O)S)O[C@H]2n1cnc2c(=O)[nH]c(N)cc21. The molecule has 0 aromatic carbocycles. The number of halogens is 2. The quantitative estimate of drug-likeness (QED) is 0.150. The summed E-state index contributed by atoms with van der Waals surface area (Å²) in [6.45, 7) is -8.90. The van der Waals surface area contributed by atoms with Gasteiger partial charge in [0.05, 0.1) is 30.4 Å². The lowest BCUT2D eigenvalue weighted by molar-refractivity contribution is -0.0402. The van der Waals surface area contributed by atoms with Crippen LogP contribution in [-0.2, 0) is 32.2 Å². The van der Waals surface area contributed by atoms with Gasteiger partial charge in [0.1, 0.15) is 53.2 Å². The summed E-state index contributed by atoms with van der Waals surface area (Å²) in [5.41, 5.74) is 11.5. The van der Waals surface area contributed by atoms with Crippen molar-refractivity contribution in [3.8, 4) is 0 Å². The minimum Gasteiger partial charge on any atom is -0.385 e. The maximum Gasteiger partial charge on any atom is 0.386 e. The van der Waals surface area contributed by atoms with E-state index in [-0.39, 0.29) is 28.3 Å². The molecule has 3 fully saturated rings. The predicted octanol–water partition coefficient (Wildman–Crippen LogP) is 3.16. The molecule has 4 aromatic rings. The number of ether oxygens (including phenoxy) is 2. The molecule has 4 aromatic heterocycles. The van der Waals surface area contributed by atoms with Gasteiger partial charge in [0, 0.05) is 12.3 Å². The number of hydrogen-bond donors (Lipinski definition) is 5. The number of nitrogens with two attached hydrogens (primary N) is 2. The molecule has 3 aliphatic heterocycles. The second kappa shape index (κ2) is 10.7. The van der Waals surface area contributed by atoms with Crippen molar-refractivity contribution in [3.05, 3.63) is 41.3 Å². The van der Waals surface area contributed by atoms with Gasteiger partial charge < -0.3 is 39.6 Å². The third kappa shape index (κ3) is 4.84. The first-order valence-corrected chi connectivity index (χ1v) is 18.8. The largest absolute Gasteiger partial charge is 0.386 e. The van der Waals surface area contributed by atoms with Crippen molar-refractivity contribution in [1.82, 2.24) is 29.1 Å². The number of alkyl halides is 2. The van der Waals surface area contributed by atoms with E-state index in [9.17, 15) is 13.9 Å². The standard InChI is InChI=1S/C23H26F2N8O8P2S2/c1-23-17(25)12(40-22(23)33-8-30-15-10(33)4-13(26)31-20(15)34)6-38-43(36,45)41-16-11(5-37-42(23,35)44)39-21(14(16)24)32-3-2-9-18(27)28-7-29-19(9)32/h2-4,7-8,11-12,14,16-17,21-22H,5-6H2,1H3,(H,35,44)(H,36,45)(H3,26,31,34)(H2,27,28,29)/t11-,12-,14?,16-,17-,21-,22-,23+,42?,43?/m1/s1. The molecule has 22 heteroatoms. The van der Waals surface area contributed by atoms with Crippen LogP contribution in [0.15, 0.2) is 35.8 Å². The molecule has 10 atom stereocenters. The average molecular weight is 707 g/mol. The summed E-state index contributed by atoms with van der Waals surface area (Å²) >= 11 is 8.33. The second-order valence-electron chi connectivity index (χ2n) is 11.0. The number of anilines is 2. The number of aromatic nitrogens is 6. The monoisotopic (exact) mass is 706 g/mol. The summed E-state index contributed by atoms with van der Waals surface area (Å²) in [6.07, 6.45) is -7.56. The van der Waals surface area contributed by atoms with E-state index in [0.717, 1.165) is 0 Å². The molecule has 0 saturated carbocycles. The Bertz CT molecular complexity index is 1980. The summed E-state index contributed by atoms with van der Waals surface area (Å²) in [7, 11) is 0. The topological polar surface area (TPSA) is 214 Å². The van der Waals surface area contributed by atoms with Crippen LogP contribution in [0.2, 0.25) is 0 Å². The Labute approximate surface area is 262 Å². The van der Waals surface area contributed by atoms with Gasteiger partial charge in [0.15, 0.2) is 24.1 Å². The van der Waals surface area contributed by atoms with Crippen LogP contribution in [0.1, 0.15) is 19.4 Å². The van der Waals surface area contributed by atoms with Crippen LogP contribution in [0.25, 0.3) is 22.1 Å². The molecule has 7 rings (SSSR count). The van der Waals surface area contributed by atoms with Crippen molar-refractivity contribution >= 4 is 71.6 Å². The molecule has 0 spiro atoms. The van der Waals surface area contributed by atoms with Gasteiger partial charge in [-0.1, -0.05) is 24.5 Å². The zero-order valence-electron chi connectivity index (χ0n) is 23.0. The maximum absolute atomic E-state index is 16.4. The third-order valence-electron chi connectivity index (χ3n) is 8.30. The molecule has 3 saturated heterocycles. The molecule has 242 valence electrons. The van der Waals surface area contributed by atoms with Gasteiger partial charge in [0.25, 0.3) is 12.1 Å². The van der Waals surface area contributed by atoms with Crippen molar-refractivity contribution in [2.75, 3.05) is 24.7 Å².